The van der Waals surface area contributed by atoms with Gasteiger partial charge in [-0.05, 0) is 47.2 Å². The van der Waals surface area contributed by atoms with Crippen LogP contribution in [0.15, 0.2) is 10.7 Å². The topological polar surface area (TPSA) is 43.8 Å². The van der Waals surface area contributed by atoms with Crippen LogP contribution in [0.25, 0.3) is 0 Å². The molecule has 0 bridgehead atoms. The monoisotopic (exact) mass is 285 g/mol. The van der Waals surface area contributed by atoms with Crippen molar-refractivity contribution in [1.29, 1.82) is 0 Å². The molecule has 1 fully saturated rings. The normalized spacial score (nSPS) is 30.6. The SMILES string of the molecule is CC1CCC(CN)C(c2c(Br)cnn2C)C1. The van der Waals surface area contributed by atoms with E-state index in [0.717, 1.165) is 16.9 Å². The number of hydrogen-bond donors (Lipinski definition) is 1. The number of nitrogens with two attached hydrogens (primary N) is 1. The highest BCUT2D eigenvalue weighted by Gasteiger charge is 2.32. The van der Waals surface area contributed by atoms with E-state index in [1.807, 2.05) is 17.9 Å². The van der Waals surface area contributed by atoms with Gasteiger partial charge in [-0.2, -0.15) is 5.10 Å². The van der Waals surface area contributed by atoms with Gasteiger partial charge < -0.3 is 5.73 Å². The van der Waals surface area contributed by atoms with Crippen molar-refractivity contribution in [2.75, 3.05) is 6.54 Å². The molecule has 0 aliphatic heterocycles. The first-order valence-electron chi connectivity index (χ1n) is 6.01. The Morgan fingerprint density at radius 2 is 2.31 bits per heavy atom. The van der Waals surface area contributed by atoms with Crippen LogP contribution in [0.1, 0.15) is 37.8 Å². The van der Waals surface area contributed by atoms with Gasteiger partial charge in [0.05, 0.1) is 16.4 Å². The van der Waals surface area contributed by atoms with Crippen molar-refractivity contribution in [3.8, 4) is 0 Å². The molecule has 0 spiro atoms. The van der Waals surface area contributed by atoms with Gasteiger partial charge in [-0.1, -0.05) is 13.3 Å². The summed E-state index contributed by atoms with van der Waals surface area (Å²) in [5.41, 5.74) is 7.22. The molecule has 0 aromatic carbocycles. The fourth-order valence-electron chi connectivity index (χ4n) is 2.90. The highest BCUT2D eigenvalue weighted by Crippen LogP contribution is 2.42. The molecule has 0 saturated heterocycles. The maximum absolute atomic E-state index is 5.90. The first-order chi connectivity index (χ1) is 7.63. The first kappa shape index (κ1) is 12.1. The van der Waals surface area contributed by atoms with E-state index in [4.69, 9.17) is 5.73 Å². The molecule has 2 N–H and O–H groups in total. The summed E-state index contributed by atoms with van der Waals surface area (Å²) in [6, 6.07) is 0. The van der Waals surface area contributed by atoms with Gasteiger partial charge in [0.1, 0.15) is 0 Å². The maximum Gasteiger partial charge on any atom is 0.0635 e. The third-order valence-corrected chi connectivity index (χ3v) is 4.46. The van der Waals surface area contributed by atoms with Crippen molar-refractivity contribution in [2.45, 2.75) is 32.1 Å². The summed E-state index contributed by atoms with van der Waals surface area (Å²) in [6.45, 7) is 3.12. The minimum Gasteiger partial charge on any atom is -0.330 e. The molecule has 16 heavy (non-hydrogen) atoms. The van der Waals surface area contributed by atoms with Crippen molar-refractivity contribution in [3.63, 3.8) is 0 Å². The van der Waals surface area contributed by atoms with Crippen molar-refractivity contribution < 1.29 is 0 Å². The van der Waals surface area contributed by atoms with E-state index in [1.165, 1.54) is 25.0 Å². The molecule has 1 aromatic heterocycles. The van der Waals surface area contributed by atoms with Crippen molar-refractivity contribution in [3.05, 3.63) is 16.4 Å². The van der Waals surface area contributed by atoms with Gasteiger partial charge in [0.15, 0.2) is 0 Å². The Hall–Kier alpha value is -0.350. The number of halogens is 1. The Morgan fingerprint density at radius 1 is 1.56 bits per heavy atom. The van der Waals surface area contributed by atoms with Crippen LogP contribution in [0.4, 0.5) is 0 Å². The fourth-order valence-corrected chi connectivity index (χ4v) is 3.54. The van der Waals surface area contributed by atoms with Crippen LogP contribution in [0.2, 0.25) is 0 Å². The van der Waals surface area contributed by atoms with E-state index in [-0.39, 0.29) is 0 Å². The smallest absolute Gasteiger partial charge is 0.0635 e. The first-order valence-corrected chi connectivity index (χ1v) is 6.80. The minimum atomic E-state index is 0.565. The van der Waals surface area contributed by atoms with Crippen LogP contribution in [-0.2, 0) is 7.05 Å². The zero-order valence-corrected chi connectivity index (χ0v) is 11.6. The van der Waals surface area contributed by atoms with E-state index >= 15 is 0 Å². The molecular weight excluding hydrogens is 266 g/mol. The second-order valence-corrected chi connectivity index (χ2v) is 5.88. The van der Waals surface area contributed by atoms with E-state index < -0.39 is 0 Å². The number of rotatable bonds is 2. The van der Waals surface area contributed by atoms with Gasteiger partial charge in [-0.15, -0.1) is 0 Å². The molecular formula is C12H20BrN3. The highest BCUT2D eigenvalue weighted by molar-refractivity contribution is 9.10. The number of aromatic nitrogens is 2. The van der Waals surface area contributed by atoms with Gasteiger partial charge in [0.25, 0.3) is 0 Å². The predicted molar refractivity (Wildman–Crippen MR) is 69.2 cm³/mol. The number of aryl methyl sites for hydroxylation is 1. The van der Waals surface area contributed by atoms with Crippen LogP contribution in [0, 0.1) is 11.8 Å². The largest absolute Gasteiger partial charge is 0.330 e. The molecule has 3 atom stereocenters. The van der Waals surface area contributed by atoms with Gasteiger partial charge in [0, 0.05) is 13.0 Å². The summed E-state index contributed by atoms with van der Waals surface area (Å²) in [5.74, 6) is 1.98. The summed E-state index contributed by atoms with van der Waals surface area (Å²) < 4.78 is 3.13. The zero-order valence-electron chi connectivity index (χ0n) is 9.99. The molecule has 0 amide bonds. The van der Waals surface area contributed by atoms with Crippen LogP contribution in [0.3, 0.4) is 0 Å². The van der Waals surface area contributed by atoms with E-state index in [0.29, 0.717) is 11.8 Å². The number of hydrogen-bond acceptors (Lipinski definition) is 2. The molecule has 1 aliphatic rings. The molecule has 1 aliphatic carbocycles. The minimum absolute atomic E-state index is 0.565. The lowest BCUT2D eigenvalue weighted by Crippen LogP contribution is -2.29. The molecule has 3 nitrogen and oxygen atoms in total. The summed E-state index contributed by atoms with van der Waals surface area (Å²) in [4.78, 5) is 0. The maximum atomic E-state index is 5.90. The Labute approximate surface area is 106 Å². The Morgan fingerprint density at radius 3 is 2.88 bits per heavy atom. The molecule has 1 heterocycles. The van der Waals surface area contributed by atoms with Crippen LogP contribution < -0.4 is 5.73 Å². The molecule has 1 aromatic rings. The predicted octanol–water partition coefficient (Wildman–Crippen LogP) is 2.66. The quantitative estimate of drug-likeness (QED) is 0.908. The van der Waals surface area contributed by atoms with E-state index in [1.54, 1.807) is 0 Å². The molecule has 2 rings (SSSR count). The average molecular weight is 286 g/mol. The molecule has 4 heteroatoms. The van der Waals surface area contributed by atoms with Crippen LogP contribution in [-0.4, -0.2) is 16.3 Å². The van der Waals surface area contributed by atoms with Crippen molar-refractivity contribution in [2.24, 2.45) is 24.6 Å². The van der Waals surface area contributed by atoms with Crippen molar-refractivity contribution >= 4 is 15.9 Å². The van der Waals surface area contributed by atoms with Gasteiger partial charge >= 0.3 is 0 Å². The summed E-state index contributed by atoms with van der Waals surface area (Å²) >= 11 is 3.61. The van der Waals surface area contributed by atoms with E-state index in [2.05, 4.69) is 28.0 Å². The second-order valence-electron chi connectivity index (χ2n) is 5.02. The third kappa shape index (κ3) is 2.18. The van der Waals surface area contributed by atoms with Crippen molar-refractivity contribution in [1.82, 2.24) is 9.78 Å². The van der Waals surface area contributed by atoms with Crippen LogP contribution >= 0.6 is 15.9 Å². The average Bonchev–Trinajstić information content (AvgIpc) is 2.58. The lowest BCUT2D eigenvalue weighted by atomic mass is 9.73. The lowest BCUT2D eigenvalue weighted by molar-refractivity contribution is 0.245. The third-order valence-electron chi connectivity index (χ3n) is 3.85. The summed E-state index contributed by atoms with van der Waals surface area (Å²) in [6.07, 6.45) is 5.69. The Bertz CT molecular complexity index is 342. The Kier molecular flexibility index (Phi) is 3.70. The van der Waals surface area contributed by atoms with Crippen LogP contribution in [0.5, 0.6) is 0 Å². The molecule has 90 valence electrons. The lowest BCUT2D eigenvalue weighted by Gasteiger charge is -2.34. The summed E-state index contributed by atoms with van der Waals surface area (Å²) in [7, 11) is 2.02. The van der Waals surface area contributed by atoms with Gasteiger partial charge in [-0.3, -0.25) is 4.68 Å². The van der Waals surface area contributed by atoms with Gasteiger partial charge in [-0.25, -0.2) is 0 Å². The summed E-state index contributed by atoms with van der Waals surface area (Å²) in [5, 5.41) is 4.31. The second kappa shape index (κ2) is 4.88. The highest BCUT2D eigenvalue weighted by atomic mass is 79.9. The fraction of sp³-hybridized carbons (Fsp3) is 0.750. The Balaban J connectivity index is 2.29. The zero-order chi connectivity index (χ0) is 11.7. The molecule has 0 radical (unpaired) electrons. The standard InChI is InChI=1S/C12H20BrN3/c1-8-3-4-9(6-14)10(5-8)12-11(13)7-15-16(12)2/h7-10H,3-6,14H2,1-2H3. The number of nitrogens with zero attached hydrogens (tertiary/aromatic N) is 2. The van der Waals surface area contributed by atoms with Gasteiger partial charge in [0.2, 0.25) is 0 Å². The molecule has 3 unspecified atom stereocenters. The molecule has 1 saturated carbocycles. The van der Waals surface area contributed by atoms with E-state index in [9.17, 15) is 0 Å².